The summed E-state index contributed by atoms with van der Waals surface area (Å²) < 4.78 is 16.3. The summed E-state index contributed by atoms with van der Waals surface area (Å²) in [6.45, 7) is 0.299. The van der Waals surface area contributed by atoms with Gasteiger partial charge in [-0.3, -0.25) is 0 Å². The maximum atomic E-state index is 10.4. The van der Waals surface area contributed by atoms with E-state index in [0.29, 0.717) is 29.4 Å². The summed E-state index contributed by atoms with van der Waals surface area (Å²) in [6, 6.07) is 12.8. The van der Waals surface area contributed by atoms with Crippen LogP contribution in [0.4, 0.5) is 0 Å². The van der Waals surface area contributed by atoms with Crippen LogP contribution in [-0.4, -0.2) is 67.0 Å². The maximum absolute atomic E-state index is 10.4. The topological polar surface area (TPSA) is 110 Å². The Labute approximate surface area is 185 Å². The molecule has 1 heterocycles. The van der Waals surface area contributed by atoms with Crippen LogP contribution >= 0.6 is 11.6 Å². The van der Waals surface area contributed by atoms with Gasteiger partial charge in [0.15, 0.2) is 6.29 Å². The first-order chi connectivity index (χ1) is 14.9. The first-order valence-corrected chi connectivity index (χ1v) is 10.1. The minimum atomic E-state index is -1.40. The smallest absolute Gasteiger partial charge is 0.186 e. The van der Waals surface area contributed by atoms with Crippen LogP contribution in [0.3, 0.4) is 0 Å². The van der Waals surface area contributed by atoms with Gasteiger partial charge in [0, 0.05) is 12.1 Å². The summed E-state index contributed by atoms with van der Waals surface area (Å²) in [7, 11) is 2.83. The quantitative estimate of drug-likeness (QED) is 0.416. The minimum Gasteiger partial charge on any atom is -0.488 e. The lowest BCUT2D eigenvalue weighted by Crippen LogP contribution is -2.54. The van der Waals surface area contributed by atoms with Gasteiger partial charge < -0.3 is 34.4 Å². The largest absolute Gasteiger partial charge is 0.488 e. The molecule has 0 amide bonds. The van der Waals surface area contributed by atoms with E-state index in [9.17, 15) is 15.3 Å². The normalized spacial score (nSPS) is 26.2. The Bertz CT molecular complexity index is 875. The molecule has 0 saturated carbocycles. The van der Waals surface area contributed by atoms with E-state index in [1.54, 1.807) is 12.1 Å². The fraction of sp³-hybridized carbons (Fsp3) is 0.409. The van der Waals surface area contributed by atoms with Crippen molar-refractivity contribution >= 4 is 17.8 Å². The van der Waals surface area contributed by atoms with Crippen LogP contribution in [0.2, 0.25) is 5.02 Å². The highest BCUT2D eigenvalue weighted by Gasteiger charge is 2.44. The summed E-state index contributed by atoms with van der Waals surface area (Å²) in [4.78, 5) is 4.58. The van der Waals surface area contributed by atoms with Gasteiger partial charge in [0.2, 0.25) is 0 Å². The van der Waals surface area contributed by atoms with Gasteiger partial charge in [-0.15, -0.1) is 0 Å². The highest BCUT2D eigenvalue weighted by Crippen LogP contribution is 2.34. The molecule has 5 atom stereocenters. The number of methoxy groups -OCH3 is 1. The molecule has 2 aromatic rings. The maximum Gasteiger partial charge on any atom is 0.186 e. The molecule has 1 saturated heterocycles. The van der Waals surface area contributed by atoms with Crippen LogP contribution < -0.4 is 4.74 Å². The zero-order valence-electron chi connectivity index (χ0n) is 17.2. The van der Waals surface area contributed by atoms with Gasteiger partial charge in [-0.2, -0.15) is 0 Å². The van der Waals surface area contributed by atoms with E-state index in [4.69, 9.17) is 25.8 Å². The molecule has 0 radical (unpaired) electrons. The number of nitrogens with zero attached hydrogens (tertiary/aromatic N) is 1. The highest BCUT2D eigenvalue weighted by atomic mass is 35.5. The second-order valence-corrected chi connectivity index (χ2v) is 7.49. The van der Waals surface area contributed by atoms with Gasteiger partial charge in [0.1, 0.15) is 43.9 Å². The Morgan fingerprint density at radius 1 is 1.03 bits per heavy atom. The summed E-state index contributed by atoms with van der Waals surface area (Å²) in [5, 5.41) is 34.7. The van der Waals surface area contributed by atoms with E-state index in [-0.39, 0.29) is 0 Å². The van der Waals surface area contributed by atoms with Crippen molar-refractivity contribution in [3.05, 3.63) is 64.2 Å². The molecule has 31 heavy (non-hydrogen) atoms. The molecule has 8 nitrogen and oxygen atoms in total. The lowest BCUT2D eigenvalue weighted by Gasteiger charge is -2.40. The van der Waals surface area contributed by atoms with Crippen molar-refractivity contribution in [2.75, 3.05) is 20.8 Å². The third-order valence-electron chi connectivity index (χ3n) is 5.02. The Morgan fingerprint density at radius 3 is 2.45 bits per heavy atom. The molecular weight excluding hydrogens is 426 g/mol. The summed E-state index contributed by atoms with van der Waals surface area (Å²) in [5.41, 5.74) is 2.45. The summed E-state index contributed by atoms with van der Waals surface area (Å²) in [6.07, 6.45) is -3.92. The second kappa shape index (κ2) is 10.9. The number of aliphatic hydroxyl groups is 3. The van der Waals surface area contributed by atoms with Gasteiger partial charge in [0.05, 0.1) is 6.21 Å². The van der Waals surface area contributed by atoms with Crippen molar-refractivity contribution in [1.29, 1.82) is 0 Å². The van der Waals surface area contributed by atoms with Gasteiger partial charge in [-0.1, -0.05) is 41.0 Å². The number of benzene rings is 2. The van der Waals surface area contributed by atoms with Crippen molar-refractivity contribution < 1.29 is 34.4 Å². The third-order valence-corrected chi connectivity index (χ3v) is 5.39. The first-order valence-electron chi connectivity index (χ1n) is 9.72. The molecule has 0 bridgehead atoms. The highest BCUT2D eigenvalue weighted by molar-refractivity contribution is 6.31. The van der Waals surface area contributed by atoms with Crippen LogP contribution in [0.5, 0.6) is 5.75 Å². The molecule has 168 valence electrons. The van der Waals surface area contributed by atoms with Crippen LogP contribution in [0, 0.1) is 0 Å². The Morgan fingerprint density at radius 2 is 1.77 bits per heavy atom. The van der Waals surface area contributed by atoms with Gasteiger partial charge >= 0.3 is 0 Å². The molecule has 3 rings (SSSR count). The van der Waals surface area contributed by atoms with E-state index in [1.807, 2.05) is 30.3 Å². The third kappa shape index (κ3) is 5.74. The van der Waals surface area contributed by atoms with Crippen molar-refractivity contribution in [2.45, 2.75) is 37.1 Å². The molecule has 0 spiro atoms. The van der Waals surface area contributed by atoms with E-state index >= 15 is 0 Å². The van der Waals surface area contributed by atoms with Crippen molar-refractivity contribution in [2.24, 2.45) is 5.16 Å². The van der Waals surface area contributed by atoms with E-state index in [0.717, 1.165) is 11.1 Å². The number of rotatable bonds is 8. The van der Waals surface area contributed by atoms with Crippen LogP contribution in [0.25, 0.3) is 0 Å². The fourth-order valence-corrected chi connectivity index (χ4v) is 3.57. The van der Waals surface area contributed by atoms with Crippen molar-refractivity contribution in [1.82, 2.24) is 0 Å². The van der Waals surface area contributed by atoms with Crippen LogP contribution in [-0.2, 0) is 20.7 Å². The average Bonchev–Trinajstić information content (AvgIpc) is 2.78. The predicted octanol–water partition coefficient (Wildman–Crippen LogP) is 2.07. The molecule has 1 aliphatic heterocycles. The SMILES string of the molecule is CON=CCOc1ccc(Cc2cc(C3O[C@H](OC)[C@@H](O)[C@H](O)[C@H]3O)ccc2Cl)cc1. The number of hydrogen-bond donors (Lipinski definition) is 3. The molecule has 1 unspecified atom stereocenters. The molecular formula is C22H26ClNO7. The van der Waals surface area contributed by atoms with Gasteiger partial charge in [0.25, 0.3) is 0 Å². The van der Waals surface area contributed by atoms with Crippen molar-refractivity contribution in [3.63, 3.8) is 0 Å². The Hall–Kier alpha value is -2.20. The van der Waals surface area contributed by atoms with Crippen molar-refractivity contribution in [3.8, 4) is 5.75 Å². The summed E-state index contributed by atoms with van der Waals surface area (Å²) >= 11 is 6.39. The lowest BCUT2D eigenvalue weighted by atomic mass is 9.92. The second-order valence-electron chi connectivity index (χ2n) is 7.09. The Kier molecular flexibility index (Phi) is 8.25. The van der Waals surface area contributed by atoms with E-state index < -0.39 is 30.7 Å². The fourth-order valence-electron chi connectivity index (χ4n) is 3.39. The first kappa shape index (κ1) is 23.5. The van der Waals surface area contributed by atoms with Crippen LogP contribution in [0.1, 0.15) is 22.8 Å². The summed E-state index contributed by atoms with van der Waals surface area (Å²) in [5.74, 6) is 0.697. The molecule has 1 aliphatic rings. The van der Waals surface area contributed by atoms with E-state index in [1.165, 1.54) is 20.4 Å². The molecule has 9 heteroatoms. The number of halogens is 1. The molecule has 0 aliphatic carbocycles. The van der Waals surface area contributed by atoms with Gasteiger partial charge in [-0.25, -0.2) is 0 Å². The van der Waals surface area contributed by atoms with Gasteiger partial charge in [-0.05, 0) is 41.3 Å². The molecule has 2 aromatic carbocycles. The molecule has 0 aromatic heterocycles. The number of ether oxygens (including phenoxy) is 3. The molecule has 3 N–H and O–H groups in total. The zero-order valence-corrected chi connectivity index (χ0v) is 18.0. The monoisotopic (exact) mass is 451 g/mol. The Balaban J connectivity index is 1.73. The van der Waals surface area contributed by atoms with E-state index in [2.05, 4.69) is 9.99 Å². The number of aliphatic hydroxyl groups excluding tert-OH is 3. The average molecular weight is 452 g/mol. The number of oxime groups is 1. The predicted molar refractivity (Wildman–Crippen MR) is 114 cm³/mol. The molecule has 1 fully saturated rings. The number of hydrogen-bond acceptors (Lipinski definition) is 8. The zero-order chi connectivity index (χ0) is 22.4. The standard InChI is InChI=1S/C22H26ClNO7/c1-28-22-20(27)18(25)19(26)21(31-22)14-5-8-17(23)15(12-14)11-13-3-6-16(7-4-13)30-10-9-24-29-2/h3-9,12,18-22,25-27H,10-11H2,1-2H3/t18-,19-,20+,21?,22+/m1/s1. The lowest BCUT2D eigenvalue weighted by molar-refractivity contribution is -0.292. The minimum absolute atomic E-state index is 0.299. The van der Waals surface area contributed by atoms with Crippen LogP contribution in [0.15, 0.2) is 47.6 Å².